The molecule has 0 spiro atoms. The molecule has 0 bridgehead atoms. The number of nitrogens with one attached hydrogen (secondary N) is 2. The summed E-state index contributed by atoms with van der Waals surface area (Å²) in [6, 6.07) is 5.97. The lowest BCUT2D eigenvalue weighted by Gasteiger charge is -2.17. The van der Waals surface area contributed by atoms with Gasteiger partial charge in [0.1, 0.15) is 11.5 Å². The molecule has 1 saturated carbocycles. The van der Waals surface area contributed by atoms with Gasteiger partial charge in [-0.3, -0.25) is 0 Å². The minimum atomic E-state index is 0.308. The molecule has 2 N–H and O–H groups in total. The van der Waals surface area contributed by atoms with Crippen molar-refractivity contribution in [3.05, 3.63) is 23.8 Å². The Labute approximate surface area is 157 Å². The molecule has 1 aromatic rings. The van der Waals surface area contributed by atoms with Crippen molar-refractivity contribution in [1.82, 2.24) is 10.6 Å². The zero-order valence-corrected chi connectivity index (χ0v) is 16.3. The van der Waals surface area contributed by atoms with E-state index in [1.165, 1.54) is 12.8 Å². The van der Waals surface area contributed by atoms with Crippen molar-refractivity contribution < 1.29 is 14.2 Å². The largest absolute Gasteiger partial charge is 0.497 e. The van der Waals surface area contributed by atoms with Crippen LogP contribution in [0.2, 0.25) is 0 Å². The van der Waals surface area contributed by atoms with Crippen LogP contribution in [0, 0.1) is 0 Å². The number of nitrogens with zero attached hydrogens (tertiary/aromatic N) is 1. The lowest BCUT2D eigenvalue weighted by atomic mass is 10.2. The quantitative estimate of drug-likeness (QED) is 0.380. The predicted octanol–water partition coefficient (Wildman–Crippen LogP) is 3.11. The second kappa shape index (κ2) is 11.6. The molecular weight excluding hydrogens is 330 g/mol. The minimum Gasteiger partial charge on any atom is -0.497 e. The van der Waals surface area contributed by atoms with Crippen molar-refractivity contribution in [3.63, 3.8) is 0 Å². The maximum Gasteiger partial charge on any atom is 0.191 e. The van der Waals surface area contributed by atoms with Crippen molar-refractivity contribution >= 4 is 5.96 Å². The van der Waals surface area contributed by atoms with E-state index in [1.807, 2.05) is 25.1 Å². The molecule has 0 aromatic heterocycles. The smallest absolute Gasteiger partial charge is 0.191 e. The summed E-state index contributed by atoms with van der Waals surface area (Å²) in [5, 5.41) is 6.55. The van der Waals surface area contributed by atoms with Crippen molar-refractivity contribution in [3.8, 4) is 11.5 Å². The maximum atomic E-state index is 6.24. The Bertz CT molecular complexity index is 557. The van der Waals surface area contributed by atoms with E-state index in [9.17, 15) is 0 Å². The molecule has 26 heavy (non-hydrogen) atoms. The molecule has 0 atom stereocenters. The molecule has 0 aliphatic heterocycles. The number of hydrogen-bond donors (Lipinski definition) is 2. The van der Waals surface area contributed by atoms with Gasteiger partial charge in [-0.2, -0.15) is 0 Å². The monoisotopic (exact) mass is 363 g/mol. The number of rotatable bonds is 10. The highest BCUT2D eigenvalue weighted by Crippen LogP contribution is 2.30. The highest BCUT2D eigenvalue weighted by atomic mass is 16.5. The van der Waals surface area contributed by atoms with Crippen LogP contribution in [0.25, 0.3) is 0 Å². The van der Waals surface area contributed by atoms with Gasteiger partial charge in [0.05, 0.1) is 26.4 Å². The third-order valence-corrected chi connectivity index (χ3v) is 4.36. The van der Waals surface area contributed by atoms with Gasteiger partial charge in [0.15, 0.2) is 5.96 Å². The Morgan fingerprint density at radius 2 is 2.00 bits per heavy atom. The van der Waals surface area contributed by atoms with Crippen LogP contribution >= 0.6 is 0 Å². The molecule has 6 nitrogen and oxygen atoms in total. The molecular formula is C20H33N3O3. The van der Waals surface area contributed by atoms with Gasteiger partial charge in [-0.15, -0.1) is 0 Å². The summed E-state index contributed by atoms with van der Waals surface area (Å²) in [4.78, 5) is 4.69. The zero-order valence-electron chi connectivity index (χ0n) is 16.3. The molecule has 0 saturated heterocycles. The van der Waals surface area contributed by atoms with Gasteiger partial charge < -0.3 is 24.8 Å². The third-order valence-electron chi connectivity index (χ3n) is 4.36. The highest BCUT2D eigenvalue weighted by molar-refractivity contribution is 5.79. The molecule has 0 amide bonds. The number of hydrogen-bond acceptors (Lipinski definition) is 4. The lowest BCUT2D eigenvalue weighted by molar-refractivity contribution is 0.152. The van der Waals surface area contributed by atoms with E-state index >= 15 is 0 Å². The fourth-order valence-corrected chi connectivity index (χ4v) is 2.98. The topological polar surface area (TPSA) is 64.1 Å². The SMILES string of the molecule is CCNC(=NCc1ccc(OC)cc1OC1CCCC1)NCCOCC. The van der Waals surface area contributed by atoms with Crippen LogP contribution in [0.5, 0.6) is 11.5 Å². The van der Waals surface area contributed by atoms with Gasteiger partial charge in [-0.1, -0.05) is 0 Å². The number of ether oxygens (including phenoxy) is 3. The Morgan fingerprint density at radius 3 is 2.69 bits per heavy atom. The third kappa shape index (κ3) is 6.75. The summed E-state index contributed by atoms with van der Waals surface area (Å²) >= 11 is 0. The molecule has 0 radical (unpaired) electrons. The van der Waals surface area contributed by atoms with Crippen molar-refractivity contribution in [2.45, 2.75) is 52.2 Å². The number of benzene rings is 1. The molecule has 0 unspecified atom stereocenters. The summed E-state index contributed by atoms with van der Waals surface area (Å²) in [5.41, 5.74) is 1.07. The van der Waals surface area contributed by atoms with Crippen LogP contribution < -0.4 is 20.1 Å². The van der Waals surface area contributed by atoms with Crippen molar-refractivity contribution in [2.75, 3.05) is 33.4 Å². The second-order valence-electron chi connectivity index (χ2n) is 6.32. The molecule has 1 aromatic carbocycles. The number of methoxy groups -OCH3 is 1. The highest BCUT2D eigenvalue weighted by Gasteiger charge is 2.18. The zero-order chi connectivity index (χ0) is 18.6. The lowest BCUT2D eigenvalue weighted by Crippen LogP contribution is -2.39. The molecule has 0 heterocycles. The Kier molecular flexibility index (Phi) is 9.10. The van der Waals surface area contributed by atoms with Gasteiger partial charge in [0, 0.05) is 31.3 Å². The average Bonchev–Trinajstić information content (AvgIpc) is 3.17. The van der Waals surface area contributed by atoms with Gasteiger partial charge in [0.2, 0.25) is 0 Å². The standard InChI is InChI=1S/C20H33N3O3/c1-4-21-20(22-12-13-25-5-2)23-15-16-10-11-18(24-3)14-19(16)26-17-8-6-7-9-17/h10-11,14,17H,4-9,12-13,15H2,1-3H3,(H2,21,22,23). The summed E-state index contributed by atoms with van der Waals surface area (Å²) in [6.45, 7) is 7.54. The van der Waals surface area contributed by atoms with Crippen LogP contribution in [0.15, 0.2) is 23.2 Å². The summed E-state index contributed by atoms with van der Waals surface area (Å²) in [5.74, 6) is 2.48. The Balaban J connectivity index is 2.04. The van der Waals surface area contributed by atoms with E-state index in [1.54, 1.807) is 7.11 Å². The van der Waals surface area contributed by atoms with Gasteiger partial charge in [0.25, 0.3) is 0 Å². The van der Waals surface area contributed by atoms with E-state index in [4.69, 9.17) is 19.2 Å². The van der Waals surface area contributed by atoms with Crippen LogP contribution in [0.4, 0.5) is 0 Å². The maximum absolute atomic E-state index is 6.24. The normalized spacial score (nSPS) is 15.1. The molecule has 1 aliphatic carbocycles. The van der Waals surface area contributed by atoms with Gasteiger partial charge >= 0.3 is 0 Å². The minimum absolute atomic E-state index is 0.308. The average molecular weight is 364 g/mol. The van der Waals surface area contributed by atoms with Gasteiger partial charge in [-0.05, 0) is 51.7 Å². The first-order valence-corrected chi connectivity index (χ1v) is 9.70. The number of guanidine groups is 1. The van der Waals surface area contributed by atoms with E-state index in [-0.39, 0.29) is 0 Å². The van der Waals surface area contributed by atoms with Crippen LogP contribution in [-0.2, 0) is 11.3 Å². The Hall–Kier alpha value is -1.95. The van der Waals surface area contributed by atoms with E-state index in [0.29, 0.717) is 19.3 Å². The first-order valence-electron chi connectivity index (χ1n) is 9.70. The van der Waals surface area contributed by atoms with E-state index in [0.717, 1.165) is 55.6 Å². The molecule has 6 heteroatoms. The van der Waals surface area contributed by atoms with Crippen molar-refractivity contribution in [2.24, 2.45) is 4.99 Å². The van der Waals surface area contributed by atoms with E-state index < -0.39 is 0 Å². The number of aliphatic imine (C=N–C) groups is 1. The second-order valence-corrected chi connectivity index (χ2v) is 6.32. The van der Waals surface area contributed by atoms with Crippen LogP contribution in [0.1, 0.15) is 45.1 Å². The molecule has 2 rings (SSSR count). The van der Waals surface area contributed by atoms with Gasteiger partial charge in [-0.25, -0.2) is 4.99 Å². The summed E-state index contributed by atoms with van der Waals surface area (Å²) < 4.78 is 17.0. The van der Waals surface area contributed by atoms with E-state index in [2.05, 4.69) is 17.6 Å². The molecule has 1 fully saturated rings. The molecule has 1 aliphatic rings. The first-order chi connectivity index (χ1) is 12.8. The fraction of sp³-hybridized carbons (Fsp3) is 0.650. The predicted molar refractivity (Wildman–Crippen MR) is 105 cm³/mol. The summed E-state index contributed by atoms with van der Waals surface area (Å²) in [7, 11) is 1.68. The van der Waals surface area contributed by atoms with Crippen LogP contribution in [-0.4, -0.2) is 45.5 Å². The molecule has 146 valence electrons. The van der Waals surface area contributed by atoms with Crippen LogP contribution in [0.3, 0.4) is 0 Å². The fourth-order valence-electron chi connectivity index (χ4n) is 2.98. The summed E-state index contributed by atoms with van der Waals surface area (Å²) in [6.07, 6.45) is 5.05. The first kappa shape index (κ1) is 20.4. The van der Waals surface area contributed by atoms with Crippen molar-refractivity contribution in [1.29, 1.82) is 0 Å². The Morgan fingerprint density at radius 1 is 1.19 bits per heavy atom.